The Hall–Kier alpha value is -1.69. The Kier molecular flexibility index (Phi) is 4.18. The van der Waals surface area contributed by atoms with Crippen molar-refractivity contribution >= 4 is 11.6 Å². The van der Waals surface area contributed by atoms with Crippen LogP contribution in [0.4, 0.5) is 5.82 Å². The average Bonchev–Trinajstić information content (AvgIpc) is 2.80. The van der Waals surface area contributed by atoms with E-state index in [1.54, 1.807) is 10.8 Å². The lowest BCUT2D eigenvalue weighted by Crippen LogP contribution is -2.41. The number of fused-ring (bicyclic) bond motifs is 1. The van der Waals surface area contributed by atoms with Crippen LogP contribution in [0.15, 0.2) is 6.33 Å². The molecule has 21 heavy (non-hydrogen) atoms. The molecule has 6 heteroatoms. The number of aryl methyl sites for hydroxylation is 1. The Morgan fingerprint density at radius 1 is 1.33 bits per heavy atom. The second kappa shape index (κ2) is 5.60. The second-order valence-corrected chi connectivity index (χ2v) is 6.74. The number of nitrogens with one attached hydrogen (secondary N) is 1. The van der Waals surface area contributed by atoms with E-state index in [2.05, 4.69) is 67.1 Å². The minimum atomic E-state index is 0.125. The molecule has 116 valence electrons. The number of rotatable bonds is 5. The van der Waals surface area contributed by atoms with E-state index in [-0.39, 0.29) is 11.5 Å². The molecule has 0 saturated heterocycles. The molecule has 0 radical (unpaired) electrons. The maximum Gasteiger partial charge on any atom is 0.254 e. The Bertz CT molecular complexity index is 628. The van der Waals surface area contributed by atoms with E-state index in [0.29, 0.717) is 5.78 Å². The van der Waals surface area contributed by atoms with Gasteiger partial charge in [-0.15, -0.1) is 0 Å². The molecule has 1 unspecified atom stereocenters. The molecule has 0 aromatic carbocycles. The van der Waals surface area contributed by atoms with Crippen LogP contribution in [0.25, 0.3) is 5.78 Å². The summed E-state index contributed by atoms with van der Waals surface area (Å²) in [5.41, 5.74) is 2.22. The molecule has 0 aliphatic rings. The van der Waals surface area contributed by atoms with Crippen molar-refractivity contribution < 1.29 is 0 Å². The first-order valence-corrected chi connectivity index (χ1v) is 7.30. The van der Waals surface area contributed by atoms with Crippen molar-refractivity contribution in [2.24, 2.45) is 5.41 Å². The Balaban J connectivity index is 2.35. The summed E-state index contributed by atoms with van der Waals surface area (Å²) in [6.07, 6.45) is 1.54. The fourth-order valence-electron chi connectivity index (χ4n) is 2.56. The van der Waals surface area contributed by atoms with E-state index >= 15 is 0 Å². The molecule has 1 atom stereocenters. The molecule has 2 heterocycles. The van der Waals surface area contributed by atoms with Gasteiger partial charge in [-0.05, 0) is 40.3 Å². The predicted octanol–water partition coefficient (Wildman–Crippen LogP) is 2.13. The highest BCUT2D eigenvalue weighted by Crippen LogP contribution is 2.26. The molecule has 0 aliphatic carbocycles. The highest BCUT2D eigenvalue weighted by molar-refractivity contribution is 5.52. The summed E-state index contributed by atoms with van der Waals surface area (Å²) in [7, 11) is 4.21. The molecule has 0 amide bonds. The van der Waals surface area contributed by atoms with Crippen LogP contribution < -0.4 is 5.32 Å². The van der Waals surface area contributed by atoms with Crippen LogP contribution in [0.3, 0.4) is 0 Å². The van der Waals surface area contributed by atoms with Crippen LogP contribution in [0, 0.1) is 19.3 Å². The summed E-state index contributed by atoms with van der Waals surface area (Å²) in [5, 5.41) is 7.91. The van der Waals surface area contributed by atoms with Crippen molar-refractivity contribution in [3.05, 3.63) is 17.6 Å². The van der Waals surface area contributed by atoms with Crippen molar-refractivity contribution in [1.29, 1.82) is 0 Å². The van der Waals surface area contributed by atoms with Gasteiger partial charge in [0.15, 0.2) is 0 Å². The fourth-order valence-corrected chi connectivity index (χ4v) is 2.56. The van der Waals surface area contributed by atoms with E-state index in [1.807, 2.05) is 6.92 Å². The summed E-state index contributed by atoms with van der Waals surface area (Å²) in [4.78, 5) is 10.9. The van der Waals surface area contributed by atoms with Crippen LogP contribution in [-0.4, -0.2) is 51.2 Å². The Labute approximate surface area is 126 Å². The van der Waals surface area contributed by atoms with Crippen LogP contribution in [0.5, 0.6) is 0 Å². The highest BCUT2D eigenvalue weighted by atomic mass is 15.4. The molecule has 2 aromatic rings. The lowest BCUT2D eigenvalue weighted by atomic mass is 9.85. The summed E-state index contributed by atoms with van der Waals surface area (Å²) >= 11 is 0. The quantitative estimate of drug-likeness (QED) is 0.914. The molecule has 0 spiro atoms. The smallest absolute Gasteiger partial charge is 0.254 e. The van der Waals surface area contributed by atoms with Gasteiger partial charge in [0.1, 0.15) is 12.1 Å². The standard InChI is InChI=1S/C15H26N6/c1-10-11(2)18-14-16-9-17-21(14)13(10)19-12(3)15(4,5)8-20(6)7/h9,12,19H,8H2,1-7H3. The number of aromatic nitrogens is 4. The van der Waals surface area contributed by atoms with Crippen molar-refractivity contribution in [2.75, 3.05) is 26.0 Å². The van der Waals surface area contributed by atoms with Crippen molar-refractivity contribution in [2.45, 2.75) is 40.7 Å². The first-order chi connectivity index (χ1) is 9.72. The zero-order valence-electron chi connectivity index (χ0n) is 14.1. The summed E-state index contributed by atoms with van der Waals surface area (Å²) < 4.78 is 1.78. The number of hydrogen-bond donors (Lipinski definition) is 1. The van der Waals surface area contributed by atoms with Crippen LogP contribution in [0.2, 0.25) is 0 Å². The molecule has 1 N–H and O–H groups in total. The maximum atomic E-state index is 4.45. The van der Waals surface area contributed by atoms with Gasteiger partial charge >= 0.3 is 0 Å². The first kappa shape index (κ1) is 15.7. The van der Waals surface area contributed by atoms with E-state index < -0.39 is 0 Å². The van der Waals surface area contributed by atoms with Crippen molar-refractivity contribution in [1.82, 2.24) is 24.5 Å². The molecular formula is C15H26N6. The third-order valence-corrected chi connectivity index (χ3v) is 4.16. The Morgan fingerprint density at radius 2 is 2.00 bits per heavy atom. The molecule has 0 fully saturated rings. The maximum absolute atomic E-state index is 4.45. The molecule has 0 aliphatic heterocycles. The minimum absolute atomic E-state index is 0.125. The molecule has 2 aromatic heterocycles. The molecule has 0 bridgehead atoms. The van der Waals surface area contributed by atoms with Gasteiger partial charge in [-0.25, -0.2) is 4.98 Å². The molecule has 6 nitrogen and oxygen atoms in total. The first-order valence-electron chi connectivity index (χ1n) is 7.30. The van der Waals surface area contributed by atoms with E-state index in [1.165, 1.54) is 0 Å². The lowest BCUT2D eigenvalue weighted by molar-refractivity contribution is 0.217. The van der Waals surface area contributed by atoms with Gasteiger partial charge < -0.3 is 10.2 Å². The van der Waals surface area contributed by atoms with Gasteiger partial charge in [0, 0.05) is 23.8 Å². The SMILES string of the molecule is Cc1nc2ncnn2c(NC(C)C(C)(C)CN(C)C)c1C. The average molecular weight is 290 g/mol. The zero-order chi connectivity index (χ0) is 15.8. The van der Waals surface area contributed by atoms with Gasteiger partial charge in [-0.2, -0.15) is 14.6 Å². The van der Waals surface area contributed by atoms with E-state index in [9.17, 15) is 0 Å². The monoisotopic (exact) mass is 290 g/mol. The fraction of sp³-hybridized carbons (Fsp3) is 0.667. The van der Waals surface area contributed by atoms with Crippen LogP contribution in [-0.2, 0) is 0 Å². The number of hydrogen-bond acceptors (Lipinski definition) is 5. The van der Waals surface area contributed by atoms with Gasteiger partial charge in [-0.3, -0.25) is 0 Å². The lowest BCUT2D eigenvalue weighted by Gasteiger charge is -2.35. The third kappa shape index (κ3) is 3.15. The number of nitrogens with zero attached hydrogens (tertiary/aromatic N) is 5. The van der Waals surface area contributed by atoms with E-state index in [0.717, 1.165) is 23.6 Å². The van der Waals surface area contributed by atoms with Crippen LogP contribution >= 0.6 is 0 Å². The van der Waals surface area contributed by atoms with Gasteiger partial charge in [0.2, 0.25) is 0 Å². The van der Waals surface area contributed by atoms with Crippen molar-refractivity contribution in [3.63, 3.8) is 0 Å². The van der Waals surface area contributed by atoms with Gasteiger partial charge in [0.05, 0.1) is 0 Å². The largest absolute Gasteiger partial charge is 0.367 e. The Morgan fingerprint density at radius 3 is 2.62 bits per heavy atom. The minimum Gasteiger partial charge on any atom is -0.367 e. The van der Waals surface area contributed by atoms with Crippen LogP contribution in [0.1, 0.15) is 32.0 Å². The van der Waals surface area contributed by atoms with Gasteiger partial charge in [0.25, 0.3) is 5.78 Å². The third-order valence-electron chi connectivity index (χ3n) is 4.16. The summed E-state index contributed by atoms with van der Waals surface area (Å²) in [6, 6.07) is 0.285. The molecule has 0 saturated carbocycles. The predicted molar refractivity (Wildman–Crippen MR) is 85.7 cm³/mol. The highest BCUT2D eigenvalue weighted by Gasteiger charge is 2.28. The number of anilines is 1. The molecule has 2 rings (SSSR count). The second-order valence-electron chi connectivity index (χ2n) is 6.74. The summed E-state index contributed by atoms with van der Waals surface area (Å²) in [6.45, 7) is 11.8. The van der Waals surface area contributed by atoms with E-state index in [4.69, 9.17) is 0 Å². The molecular weight excluding hydrogens is 264 g/mol. The van der Waals surface area contributed by atoms with Gasteiger partial charge in [-0.1, -0.05) is 13.8 Å². The van der Waals surface area contributed by atoms with Crippen molar-refractivity contribution in [3.8, 4) is 0 Å². The normalized spacial score (nSPS) is 13.9. The topological polar surface area (TPSA) is 58.4 Å². The zero-order valence-corrected chi connectivity index (χ0v) is 14.1. The summed E-state index contributed by atoms with van der Waals surface area (Å²) in [5.74, 6) is 1.62.